The molecular formula is C21H34N4O4. The number of amides is 1. The van der Waals surface area contributed by atoms with Crippen LogP contribution in [-0.4, -0.2) is 58.9 Å². The Balaban J connectivity index is 1.58. The van der Waals surface area contributed by atoms with Crippen molar-refractivity contribution in [3.8, 4) is 0 Å². The molecule has 3 heterocycles. The number of carbonyl (C=O) groups is 1. The van der Waals surface area contributed by atoms with Gasteiger partial charge in [0.05, 0.1) is 12.8 Å². The van der Waals surface area contributed by atoms with Crippen LogP contribution in [0.15, 0.2) is 27.8 Å². The van der Waals surface area contributed by atoms with Gasteiger partial charge in [0.15, 0.2) is 5.96 Å². The first-order valence-electron chi connectivity index (χ1n) is 10.5. The van der Waals surface area contributed by atoms with Crippen molar-refractivity contribution in [2.75, 3.05) is 13.1 Å². The van der Waals surface area contributed by atoms with Crippen LogP contribution in [0.25, 0.3) is 0 Å². The second kappa shape index (κ2) is 9.07. The summed E-state index contributed by atoms with van der Waals surface area (Å²) in [4.78, 5) is 19.1. The Hall–Kier alpha value is -2.22. The van der Waals surface area contributed by atoms with Gasteiger partial charge in [0.1, 0.15) is 17.5 Å². The average molecular weight is 407 g/mol. The Morgan fingerprint density at radius 1 is 1.38 bits per heavy atom. The molecule has 162 valence electrons. The molecule has 2 bridgehead atoms. The van der Waals surface area contributed by atoms with E-state index in [1.165, 1.54) is 0 Å². The number of aliphatic hydroxyl groups excluding tert-OH is 1. The second-order valence-electron chi connectivity index (χ2n) is 8.84. The molecule has 1 amide bonds. The number of furan rings is 1. The van der Waals surface area contributed by atoms with E-state index in [0.29, 0.717) is 11.7 Å². The highest BCUT2D eigenvalue weighted by Gasteiger charge is 2.45. The van der Waals surface area contributed by atoms with E-state index in [1.54, 1.807) is 18.4 Å². The van der Waals surface area contributed by atoms with Crippen molar-refractivity contribution in [1.29, 1.82) is 0 Å². The molecule has 1 aromatic heterocycles. The molecule has 2 fully saturated rings. The van der Waals surface area contributed by atoms with Crippen molar-refractivity contribution in [1.82, 2.24) is 15.5 Å². The van der Waals surface area contributed by atoms with Gasteiger partial charge in [-0.05, 0) is 65.5 Å². The lowest BCUT2D eigenvalue weighted by molar-refractivity contribution is 0.00544. The first-order chi connectivity index (χ1) is 13.8. The molecule has 29 heavy (non-hydrogen) atoms. The summed E-state index contributed by atoms with van der Waals surface area (Å²) < 4.78 is 10.8. The summed E-state index contributed by atoms with van der Waals surface area (Å²) in [5.74, 6) is 1.18. The van der Waals surface area contributed by atoms with Crippen LogP contribution >= 0.6 is 0 Å². The molecule has 2 aliphatic rings. The summed E-state index contributed by atoms with van der Waals surface area (Å²) in [7, 11) is 0. The minimum Gasteiger partial charge on any atom is -0.467 e. The van der Waals surface area contributed by atoms with Gasteiger partial charge in [-0.1, -0.05) is 0 Å². The molecule has 0 aliphatic carbocycles. The van der Waals surface area contributed by atoms with Gasteiger partial charge in [-0.3, -0.25) is 4.99 Å². The van der Waals surface area contributed by atoms with Crippen LogP contribution in [0.3, 0.4) is 0 Å². The highest BCUT2D eigenvalue weighted by atomic mass is 16.6. The smallest absolute Gasteiger partial charge is 0.410 e. The molecular weight excluding hydrogens is 372 g/mol. The predicted octanol–water partition coefficient (Wildman–Crippen LogP) is 2.80. The molecule has 1 aromatic rings. The molecule has 3 N–H and O–H groups in total. The lowest BCUT2D eigenvalue weighted by atomic mass is 9.98. The lowest BCUT2D eigenvalue weighted by Gasteiger charge is -2.40. The zero-order valence-corrected chi connectivity index (χ0v) is 17.9. The second-order valence-corrected chi connectivity index (χ2v) is 8.84. The molecule has 0 spiro atoms. The number of hydrogen-bond acceptors (Lipinski definition) is 5. The van der Waals surface area contributed by atoms with Crippen LogP contribution in [0.4, 0.5) is 4.79 Å². The lowest BCUT2D eigenvalue weighted by Crippen LogP contribution is -2.55. The van der Waals surface area contributed by atoms with Gasteiger partial charge in [0.2, 0.25) is 0 Å². The van der Waals surface area contributed by atoms with Gasteiger partial charge in [0, 0.05) is 24.7 Å². The van der Waals surface area contributed by atoms with Crippen LogP contribution in [0.5, 0.6) is 0 Å². The van der Waals surface area contributed by atoms with E-state index in [1.807, 2.05) is 32.6 Å². The van der Waals surface area contributed by atoms with Gasteiger partial charge in [-0.25, -0.2) is 4.79 Å². The fraction of sp³-hybridized carbons (Fsp3) is 0.714. The highest BCUT2D eigenvalue weighted by molar-refractivity contribution is 5.80. The van der Waals surface area contributed by atoms with E-state index in [0.717, 1.165) is 32.2 Å². The van der Waals surface area contributed by atoms with Gasteiger partial charge in [-0.2, -0.15) is 0 Å². The van der Waals surface area contributed by atoms with E-state index in [9.17, 15) is 9.90 Å². The fourth-order valence-corrected chi connectivity index (χ4v) is 4.17. The summed E-state index contributed by atoms with van der Waals surface area (Å²) in [5, 5.41) is 16.9. The van der Waals surface area contributed by atoms with Crippen molar-refractivity contribution in [2.45, 2.75) is 83.2 Å². The van der Waals surface area contributed by atoms with Gasteiger partial charge in [-0.15, -0.1) is 0 Å². The van der Waals surface area contributed by atoms with Gasteiger partial charge in [0.25, 0.3) is 0 Å². The molecule has 8 heteroatoms. The highest BCUT2D eigenvalue weighted by Crippen LogP contribution is 2.36. The zero-order chi connectivity index (χ0) is 21.0. The normalized spacial score (nSPS) is 25.6. The molecule has 2 aliphatic heterocycles. The summed E-state index contributed by atoms with van der Waals surface area (Å²) in [6, 6.07) is 4.10. The predicted molar refractivity (Wildman–Crippen MR) is 111 cm³/mol. The minimum absolute atomic E-state index is 0.192. The number of hydrogen-bond donors (Lipinski definition) is 3. The summed E-state index contributed by atoms with van der Waals surface area (Å²) >= 11 is 0. The van der Waals surface area contributed by atoms with Crippen LogP contribution < -0.4 is 10.6 Å². The number of rotatable bonds is 5. The quantitative estimate of drug-likeness (QED) is 0.514. The molecule has 3 rings (SSSR count). The van der Waals surface area contributed by atoms with E-state index in [2.05, 4.69) is 15.6 Å². The number of piperidine rings is 1. The van der Waals surface area contributed by atoms with Crippen LogP contribution in [0, 0.1) is 0 Å². The first-order valence-corrected chi connectivity index (χ1v) is 10.5. The molecule has 8 nitrogen and oxygen atoms in total. The minimum atomic E-state index is -0.773. The number of ether oxygens (including phenoxy) is 1. The number of fused-ring (bicyclic) bond motifs is 2. The molecule has 3 atom stereocenters. The van der Waals surface area contributed by atoms with Crippen molar-refractivity contribution in [3.63, 3.8) is 0 Å². The number of guanidine groups is 1. The zero-order valence-electron chi connectivity index (χ0n) is 17.9. The van der Waals surface area contributed by atoms with Gasteiger partial charge >= 0.3 is 6.09 Å². The number of aliphatic imine (C=N–C) groups is 1. The Morgan fingerprint density at radius 2 is 2.07 bits per heavy atom. The monoisotopic (exact) mass is 406 g/mol. The maximum absolute atomic E-state index is 12.6. The average Bonchev–Trinajstić information content (AvgIpc) is 3.25. The maximum atomic E-state index is 12.6. The Labute approximate surface area is 172 Å². The van der Waals surface area contributed by atoms with E-state index in [-0.39, 0.29) is 30.8 Å². The number of carbonyl (C=O) groups excluding carboxylic acids is 1. The maximum Gasteiger partial charge on any atom is 0.410 e. The third kappa shape index (κ3) is 5.65. The van der Waals surface area contributed by atoms with Gasteiger partial charge < -0.3 is 29.8 Å². The van der Waals surface area contributed by atoms with Crippen LogP contribution in [0.1, 0.15) is 65.2 Å². The summed E-state index contributed by atoms with van der Waals surface area (Å²) in [6.07, 6.45) is 4.30. The largest absolute Gasteiger partial charge is 0.467 e. The molecule has 0 radical (unpaired) electrons. The van der Waals surface area contributed by atoms with E-state index < -0.39 is 11.7 Å². The standard InChI is InChI=1S/C21H34N4O4/c1-5-22-19(23-13-17(26)18-7-6-10-28-18)24-14-11-15-8-9-16(12-14)25(15)20(27)29-21(2,3)4/h6-7,10,14-17,26H,5,8-9,11-13H2,1-4H3,(H2,22,23,24). The van der Waals surface area contributed by atoms with Crippen molar-refractivity contribution >= 4 is 12.1 Å². The SMILES string of the molecule is CCNC(=NCC(O)c1ccco1)NC1CC2CCC(C1)N2C(=O)OC(C)(C)C. The summed E-state index contributed by atoms with van der Waals surface area (Å²) in [5.41, 5.74) is -0.481. The molecule has 0 saturated carbocycles. The summed E-state index contributed by atoms with van der Waals surface area (Å²) in [6.45, 7) is 8.65. The van der Waals surface area contributed by atoms with Crippen LogP contribution in [0.2, 0.25) is 0 Å². The third-order valence-electron chi connectivity index (χ3n) is 5.32. The topological polar surface area (TPSA) is 99.3 Å². The van der Waals surface area contributed by atoms with E-state index in [4.69, 9.17) is 9.15 Å². The third-order valence-corrected chi connectivity index (χ3v) is 5.32. The number of aliphatic hydroxyl groups is 1. The number of nitrogens with zero attached hydrogens (tertiary/aromatic N) is 2. The Kier molecular flexibility index (Phi) is 6.72. The van der Waals surface area contributed by atoms with Crippen molar-refractivity contribution < 1.29 is 19.1 Å². The molecule has 0 aromatic carbocycles. The van der Waals surface area contributed by atoms with Crippen molar-refractivity contribution in [3.05, 3.63) is 24.2 Å². The van der Waals surface area contributed by atoms with Crippen molar-refractivity contribution in [2.24, 2.45) is 4.99 Å². The van der Waals surface area contributed by atoms with Crippen LogP contribution in [-0.2, 0) is 4.74 Å². The molecule has 2 saturated heterocycles. The Morgan fingerprint density at radius 3 is 2.62 bits per heavy atom. The number of nitrogens with one attached hydrogen (secondary N) is 2. The molecule has 3 unspecified atom stereocenters. The van der Waals surface area contributed by atoms with E-state index >= 15 is 0 Å². The first kappa shape index (κ1) is 21.5. The fourth-order valence-electron chi connectivity index (χ4n) is 4.17. The Bertz CT molecular complexity index is 684.